The predicted octanol–water partition coefficient (Wildman–Crippen LogP) is 2.89. The van der Waals surface area contributed by atoms with Gasteiger partial charge in [0, 0.05) is 11.6 Å². The van der Waals surface area contributed by atoms with Gasteiger partial charge in [-0.15, -0.1) is 18.3 Å². The Morgan fingerprint density at radius 2 is 2.09 bits per heavy atom. The summed E-state index contributed by atoms with van der Waals surface area (Å²) in [5, 5.41) is 11.1. The Bertz CT molecular complexity index is 1110. The topological polar surface area (TPSA) is 121 Å². The number of nitrogens with zero attached hydrogens (tertiary/aromatic N) is 4. The van der Waals surface area contributed by atoms with Crippen LogP contribution >= 0.6 is 0 Å². The second-order valence-electron chi connectivity index (χ2n) is 7.37. The van der Waals surface area contributed by atoms with E-state index in [2.05, 4.69) is 30.2 Å². The van der Waals surface area contributed by atoms with E-state index in [1.54, 1.807) is 6.20 Å². The first-order chi connectivity index (χ1) is 15.8. The maximum Gasteiger partial charge on any atom is 0.522 e. The summed E-state index contributed by atoms with van der Waals surface area (Å²) in [6, 6.07) is 5.43. The minimum absolute atomic E-state index is 0.0710. The summed E-state index contributed by atoms with van der Waals surface area (Å²) in [5.74, 6) is -0.194. The standard InChI is InChI=1S/C20H20F3N5O5/c1-11-2-4-14-12(8-11)9-24-16(26-14)17(29)25-13-3-5-15(31-10-13)18-27-28-19(33-18)30-6-7-32-20(21,22)23/h2,4,8-9,13,15H,3,5-7,10H2,1H3,(H,25,29)/t13-,15+/m0/s1. The lowest BCUT2D eigenvalue weighted by atomic mass is 10.0. The number of alkyl halides is 3. The highest BCUT2D eigenvalue weighted by Crippen LogP contribution is 2.28. The van der Waals surface area contributed by atoms with E-state index >= 15 is 0 Å². The molecule has 3 heterocycles. The zero-order valence-electron chi connectivity index (χ0n) is 17.5. The van der Waals surface area contributed by atoms with Crippen molar-refractivity contribution in [3.8, 4) is 6.08 Å². The lowest BCUT2D eigenvalue weighted by Crippen LogP contribution is -2.41. The number of carbonyl (C=O) groups is 1. The average Bonchev–Trinajstić information content (AvgIpc) is 3.25. The number of fused-ring (bicyclic) bond motifs is 1. The molecule has 3 aromatic rings. The molecule has 1 aliphatic heterocycles. The first-order valence-electron chi connectivity index (χ1n) is 10.1. The molecule has 1 saturated heterocycles. The summed E-state index contributed by atoms with van der Waals surface area (Å²) in [7, 11) is 0. The van der Waals surface area contributed by atoms with E-state index in [0.29, 0.717) is 18.4 Å². The Balaban J connectivity index is 1.25. The lowest BCUT2D eigenvalue weighted by molar-refractivity contribution is -0.325. The summed E-state index contributed by atoms with van der Waals surface area (Å²) >= 11 is 0. The molecule has 13 heteroatoms. The maximum absolute atomic E-state index is 12.5. The number of halogens is 3. The molecule has 1 N–H and O–H groups in total. The zero-order valence-corrected chi connectivity index (χ0v) is 17.5. The monoisotopic (exact) mass is 467 g/mol. The average molecular weight is 467 g/mol. The molecule has 1 aliphatic rings. The molecule has 176 valence electrons. The minimum atomic E-state index is -4.73. The van der Waals surface area contributed by atoms with Crippen molar-refractivity contribution in [1.82, 2.24) is 25.5 Å². The molecule has 33 heavy (non-hydrogen) atoms. The van der Waals surface area contributed by atoms with Gasteiger partial charge in [-0.2, -0.15) is 0 Å². The number of hydrogen-bond donors (Lipinski definition) is 1. The number of aromatic nitrogens is 4. The summed E-state index contributed by atoms with van der Waals surface area (Å²) in [6.45, 7) is 1.05. The van der Waals surface area contributed by atoms with Crippen molar-refractivity contribution in [1.29, 1.82) is 0 Å². The molecule has 0 aliphatic carbocycles. The SMILES string of the molecule is Cc1ccc2nc(C(=O)N[C@H]3CC[C@H](c4nnc(OCCOC(F)(F)F)o4)OC3)ncc2c1. The van der Waals surface area contributed by atoms with E-state index in [4.69, 9.17) is 13.9 Å². The number of rotatable bonds is 7. The first kappa shape index (κ1) is 22.9. The number of ether oxygens (including phenoxy) is 3. The Morgan fingerprint density at radius 3 is 2.85 bits per heavy atom. The summed E-state index contributed by atoms with van der Waals surface area (Å²) in [5.41, 5.74) is 1.76. The molecule has 0 bridgehead atoms. The normalized spacial score (nSPS) is 18.9. The molecule has 0 saturated carbocycles. The zero-order chi connectivity index (χ0) is 23.4. The molecule has 0 spiro atoms. The van der Waals surface area contributed by atoms with E-state index in [-0.39, 0.29) is 30.4 Å². The number of benzene rings is 1. The van der Waals surface area contributed by atoms with Gasteiger partial charge in [0.15, 0.2) is 0 Å². The van der Waals surface area contributed by atoms with E-state index in [1.807, 2.05) is 25.1 Å². The first-order valence-corrected chi connectivity index (χ1v) is 10.1. The van der Waals surface area contributed by atoms with Crippen LogP contribution in [0.25, 0.3) is 10.9 Å². The number of amides is 1. The number of aryl methyl sites for hydroxylation is 1. The summed E-state index contributed by atoms with van der Waals surface area (Å²) in [6.07, 6.45) is -2.87. The number of hydrogen-bond acceptors (Lipinski definition) is 9. The lowest BCUT2D eigenvalue weighted by Gasteiger charge is -2.27. The Morgan fingerprint density at radius 1 is 1.24 bits per heavy atom. The third-order valence-electron chi connectivity index (χ3n) is 4.82. The summed E-state index contributed by atoms with van der Waals surface area (Å²) < 4.78 is 55.3. The fraction of sp³-hybridized carbons (Fsp3) is 0.450. The third kappa shape index (κ3) is 6.14. The fourth-order valence-electron chi connectivity index (χ4n) is 3.27. The minimum Gasteiger partial charge on any atom is -0.447 e. The molecule has 0 radical (unpaired) electrons. The Labute approximate surface area is 185 Å². The molecule has 1 amide bonds. The molecule has 1 aromatic carbocycles. The van der Waals surface area contributed by atoms with E-state index in [9.17, 15) is 18.0 Å². The number of carbonyl (C=O) groups excluding carboxylic acids is 1. The molecular formula is C20H20F3N5O5. The van der Waals surface area contributed by atoms with Crippen molar-refractivity contribution in [2.75, 3.05) is 19.8 Å². The van der Waals surface area contributed by atoms with E-state index < -0.39 is 31.6 Å². The van der Waals surface area contributed by atoms with E-state index in [1.165, 1.54) is 0 Å². The van der Waals surface area contributed by atoms with Gasteiger partial charge in [-0.25, -0.2) is 9.97 Å². The Hall–Kier alpha value is -3.32. The summed E-state index contributed by atoms with van der Waals surface area (Å²) in [4.78, 5) is 21.0. The van der Waals surface area contributed by atoms with Gasteiger partial charge in [0.05, 0.1) is 24.8 Å². The van der Waals surface area contributed by atoms with Gasteiger partial charge in [-0.05, 0) is 31.9 Å². The van der Waals surface area contributed by atoms with E-state index in [0.717, 1.165) is 10.9 Å². The van der Waals surface area contributed by atoms with Crippen LogP contribution in [-0.2, 0) is 9.47 Å². The van der Waals surface area contributed by atoms with Crippen LogP contribution in [0.3, 0.4) is 0 Å². The fourth-order valence-corrected chi connectivity index (χ4v) is 3.27. The number of nitrogens with one attached hydrogen (secondary N) is 1. The van der Waals surface area contributed by atoms with Crippen molar-refractivity contribution in [3.05, 3.63) is 41.7 Å². The molecule has 0 unspecified atom stereocenters. The van der Waals surface area contributed by atoms with Gasteiger partial charge in [-0.3, -0.25) is 9.53 Å². The van der Waals surface area contributed by atoms with Crippen LogP contribution in [0.2, 0.25) is 0 Å². The van der Waals surface area contributed by atoms with Crippen LogP contribution < -0.4 is 10.1 Å². The van der Waals surface area contributed by atoms with Gasteiger partial charge < -0.3 is 19.2 Å². The van der Waals surface area contributed by atoms with Crippen LogP contribution in [0, 0.1) is 6.92 Å². The second-order valence-corrected chi connectivity index (χ2v) is 7.37. The third-order valence-corrected chi connectivity index (χ3v) is 4.82. The smallest absolute Gasteiger partial charge is 0.447 e. The highest BCUT2D eigenvalue weighted by Gasteiger charge is 2.30. The van der Waals surface area contributed by atoms with Crippen LogP contribution in [0.4, 0.5) is 13.2 Å². The van der Waals surface area contributed by atoms with Gasteiger partial charge >= 0.3 is 12.4 Å². The molecule has 10 nitrogen and oxygen atoms in total. The highest BCUT2D eigenvalue weighted by molar-refractivity contribution is 5.92. The van der Waals surface area contributed by atoms with Crippen LogP contribution in [-0.4, -0.2) is 58.3 Å². The van der Waals surface area contributed by atoms with Gasteiger partial charge in [0.2, 0.25) is 11.7 Å². The van der Waals surface area contributed by atoms with Gasteiger partial charge in [0.1, 0.15) is 12.7 Å². The van der Waals surface area contributed by atoms with Gasteiger partial charge in [-0.1, -0.05) is 16.7 Å². The van der Waals surface area contributed by atoms with Crippen LogP contribution in [0.1, 0.15) is 41.0 Å². The molecular weight excluding hydrogens is 447 g/mol. The highest BCUT2D eigenvalue weighted by atomic mass is 19.4. The van der Waals surface area contributed by atoms with Crippen molar-refractivity contribution < 1.29 is 36.6 Å². The van der Waals surface area contributed by atoms with Crippen LogP contribution in [0.5, 0.6) is 6.08 Å². The quantitative estimate of drug-likeness (QED) is 0.523. The molecule has 2 aromatic heterocycles. The van der Waals surface area contributed by atoms with Crippen LogP contribution in [0.15, 0.2) is 28.8 Å². The molecule has 1 fully saturated rings. The predicted molar refractivity (Wildman–Crippen MR) is 105 cm³/mol. The molecule has 4 rings (SSSR count). The largest absolute Gasteiger partial charge is 0.522 e. The van der Waals surface area contributed by atoms with Gasteiger partial charge in [0.25, 0.3) is 5.91 Å². The van der Waals surface area contributed by atoms with Crippen molar-refractivity contribution >= 4 is 16.8 Å². The maximum atomic E-state index is 12.5. The van der Waals surface area contributed by atoms with Crippen molar-refractivity contribution in [2.24, 2.45) is 0 Å². The van der Waals surface area contributed by atoms with Crippen molar-refractivity contribution in [2.45, 2.75) is 38.3 Å². The Kier molecular flexibility index (Phi) is 6.70. The second kappa shape index (κ2) is 9.67. The molecule has 2 atom stereocenters. The van der Waals surface area contributed by atoms with Crippen molar-refractivity contribution in [3.63, 3.8) is 0 Å².